The van der Waals surface area contributed by atoms with Crippen molar-refractivity contribution in [2.45, 2.75) is 38.6 Å². The molecule has 0 saturated carbocycles. The fraction of sp³-hybridized carbons (Fsp3) is 0.500. The lowest BCUT2D eigenvalue weighted by Gasteiger charge is -2.12. The number of hydrogen-bond donors (Lipinski definition) is 1. The molecule has 0 aromatic heterocycles. The average molecular weight is 327 g/mol. The van der Waals surface area contributed by atoms with E-state index in [1.807, 2.05) is 18.2 Å². The Morgan fingerprint density at radius 1 is 1.38 bits per heavy atom. The molecule has 2 N–H and O–H groups in total. The Morgan fingerprint density at radius 3 is 2.62 bits per heavy atom. The molecule has 1 atom stereocenters. The first-order chi connectivity index (χ1) is 7.15. The molecule has 0 unspecified atom stereocenters. The first-order valence-electron chi connectivity index (χ1n) is 5.35. The Hall–Kier alpha value is 0.240. The number of unbranched alkanes of at least 4 members (excludes halogenated alkanes) is 2. The van der Waals surface area contributed by atoms with Crippen molar-refractivity contribution < 1.29 is 0 Å². The highest BCUT2D eigenvalue weighted by atomic mass is 79.9. The smallest absolute Gasteiger partial charge is 0.0548 e. The molecule has 0 radical (unpaired) electrons. The summed E-state index contributed by atoms with van der Waals surface area (Å²) < 4.78 is 0.924. The van der Waals surface area contributed by atoms with Crippen LogP contribution in [0.4, 0.5) is 0 Å². The molecule has 1 rings (SSSR count). The van der Waals surface area contributed by atoms with Crippen LogP contribution >= 0.6 is 39.9 Å². The molecule has 92 valence electrons. The molecule has 0 aliphatic carbocycles. The minimum atomic E-state index is 0. The van der Waals surface area contributed by atoms with Crippen LogP contribution in [0.25, 0.3) is 0 Å². The van der Waals surface area contributed by atoms with Gasteiger partial charge < -0.3 is 5.73 Å². The van der Waals surface area contributed by atoms with Crippen LogP contribution in [0.5, 0.6) is 0 Å². The van der Waals surface area contributed by atoms with Crippen LogP contribution in [-0.4, -0.2) is 0 Å². The van der Waals surface area contributed by atoms with Gasteiger partial charge in [-0.25, -0.2) is 0 Å². The Morgan fingerprint density at radius 2 is 2.06 bits per heavy atom. The van der Waals surface area contributed by atoms with E-state index in [0.717, 1.165) is 21.5 Å². The van der Waals surface area contributed by atoms with E-state index in [4.69, 9.17) is 17.3 Å². The van der Waals surface area contributed by atoms with Crippen molar-refractivity contribution in [2.24, 2.45) is 5.73 Å². The van der Waals surface area contributed by atoms with Gasteiger partial charge in [0.25, 0.3) is 0 Å². The predicted molar refractivity (Wildman–Crippen MR) is 77.5 cm³/mol. The van der Waals surface area contributed by atoms with Crippen LogP contribution < -0.4 is 5.73 Å². The van der Waals surface area contributed by atoms with E-state index in [1.165, 1.54) is 19.3 Å². The Labute approximate surface area is 117 Å². The van der Waals surface area contributed by atoms with Crippen molar-refractivity contribution in [1.29, 1.82) is 0 Å². The standard InChI is InChI=1S/C12H17BrClN.ClH/c1-2-3-4-5-12(15)9-6-7-11(14)10(13)8-9;/h6-8,12H,2-5,15H2,1H3;1H/t12-;/m1./s1. The monoisotopic (exact) mass is 325 g/mol. The average Bonchev–Trinajstić information content (AvgIpc) is 2.22. The van der Waals surface area contributed by atoms with E-state index in [1.54, 1.807) is 0 Å². The summed E-state index contributed by atoms with van der Waals surface area (Å²) >= 11 is 9.33. The Bertz CT molecular complexity index is 318. The van der Waals surface area contributed by atoms with Gasteiger partial charge in [-0.1, -0.05) is 43.9 Å². The van der Waals surface area contributed by atoms with Gasteiger partial charge in [-0.15, -0.1) is 12.4 Å². The van der Waals surface area contributed by atoms with Crippen molar-refractivity contribution >= 4 is 39.9 Å². The summed E-state index contributed by atoms with van der Waals surface area (Å²) in [7, 11) is 0. The zero-order valence-corrected chi connectivity index (χ0v) is 12.5. The van der Waals surface area contributed by atoms with Gasteiger partial charge in [0.05, 0.1) is 5.02 Å². The fourth-order valence-electron chi connectivity index (χ4n) is 1.52. The van der Waals surface area contributed by atoms with Gasteiger partial charge in [0.2, 0.25) is 0 Å². The molecule has 1 nitrogen and oxygen atoms in total. The number of rotatable bonds is 5. The third kappa shape index (κ3) is 5.05. The molecule has 0 aliphatic heterocycles. The number of nitrogens with two attached hydrogens (primary N) is 1. The molecule has 4 heteroatoms. The second kappa shape index (κ2) is 8.35. The van der Waals surface area contributed by atoms with Gasteiger partial charge in [0, 0.05) is 10.5 Å². The molecule has 1 aromatic rings. The molecule has 16 heavy (non-hydrogen) atoms. The van der Waals surface area contributed by atoms with Crippen molar-refractivity contribution in [3.8, 4) is 0 Å². The van der Waals surface area contributed by atoms with Gasteiger partial charge in [0.1, 0.15) is 0 Å². The molecule has 0 saturated heterocycles. The van der Waals surface area contributed by atoms with Gasteiger partial charge in [0.15, 0.2) is 0 Å². The molecule has 0 aliphatic rings. The van der Waals surface area contributed by atoms with Crippen LogP contribution in [0.2, 0.25) is 5.02 Å². The quantitative estimate of drug-likeness (QED) is 0.748. The summed E-state index contributed by atoms with van der Waals surface area (Å²) in [5.41, 5.74) is 7.25. The lowest BCUT2D eigenvalue weighted by Crippen LogP contribution is -2.09. The maximum absolute atomic E-state index is 6.09. The lowest BCUT2D eigenvalue weighted by molar-refractivity contribution is 0.581. The number of hydrogen-bond acceptors (Lipinski definition) is 1. The third-order valence-electron chi connectivity index (χ3n) is 2.49. The molecule has 0 spiro atoms. The molecular weight excluding hydrogens is 309 g/mol. The SMILES string of the molecule is CCCCC[C@@H](N)c1ccc(Cl)c(Br)c1.Cl. The zero-order valence-electron chi connectivity index (χ0n) is 9.38. The topological polar surface area (TPSA) is 26.0 Å². The molecule has 0 heterocycles. The third-order valence-corrected chi connectivity index (χ3v) is 3.70. The molecular formula is C12H18BrCl2N. The van der Waals surface area contributed by atoms with Crippen LogP contribution in [-0.2, 0) is 0 Å². The van der Waals surface area contributed by atoms with Crippen LogP contribution in [0, 0.1) is 0 Å². The second-order valence-electron chi connectivity index (χ2n) is 3.78. The molecule has 0 bridgehead atoms. The van der Waals surface area contributed by atoms with Crippen molar-refractivity contribution in [2.75, 3.05) is 0 Å². The minimum absolute atomic E-state index is 0. The summed E-state index contributed by atoms with van der Waals surface area (Å²) in [6.45, 7) is 2.20. The van der Waals surface area contributed by atoms with Gasteiger partial charge in [-0.05, 0) is 40.0 Å². The predicted octanol–water partition coefficient (Wildman–Crippen LogP) is 5.10. The van der Waals surface area contributed by atoms with Crippen LogP contribution in [0.1, 0.15) is 44.2 Å². The number of halogens is 3. The first-order valence-corrected chi connectivity index (χ1v) is 6.52. The highest BCUT2D eigenvalue weighted by Gasteiger charge is 2.07. The summed E-state index contributed by atoms with van der Waals surface area (Å²) in [6, 6.07) is 6.04. The van der Waals surface area contributed by atoms with E-state index in [0.29, 0.717) is 0 Å². The van der Waals surface area contributed by atoms with Crippen LogP contribution in [0.3, 0.4) is 0 Å². The minimum Gasteiger partial charge on any atom is -0.324 e. The first kappa shape index (κ1) is 16.2. The maximum Gasteiger partial charge on any atom is 0.0548 e. The van der Waals surface area contributed by atoms with Gasteiger partial charge in [-0.2, -0.15) is 0 Å². The largest absolute Gasteiger partial charge is 0.324 e. The van der Waals surface area contributed by atoms with Crippen molar-refractivity contribution in [3.63, 3.8) is 0 Å². The van der Waals surface area contributed by atoms with Gasteiger partial charge >= 0.3 is 0 Å². The summed E-state index contributed by atoms with van der Waals surface area (Å²) in [6.07, 6.45) is 4.72. The highest BCUT2D eigenvalue weighted by molar-refractivity contribution is 9.10. The van der Waals surface area contributed by atoms with Crippen molar-refractivity contribution in [3.05, 3.63) is 33.3 Å². The van der Waals surface area contributed by atoms with E-state index in [-0.39, 0.29) is 18.4 Å². The molecule has 0 fully saturated rings. The normalized spacial score (nSPS) is 12.0. The van der Waals surface area contributed by atoms with Crippen LogP contribution in [0.15, 0.2) is 22.7 Å². The Kier molecular flexibility index (Phi) is 8.47. The van der Waals surface area contributed by atoms with Crippen molar-refractivity contribution in [1.82, 2.24) is 0 Å². The summed E-state index contributed by atoms with van der Waals surface area (Å²) in [4.78, 5) is 0. The molecule has 1 aromatic carbocycles. The Balaban J connectivity index is 0.00000225. The lowest BCUT2D eigenvalue weighted by atomic mass is 10.0. The van der Waals surface area contributed by atoms with E-state index >= 15 is 0 Å². The van der Waals surface area contributed by atoms with E-state index < -0.39 is 0 Å². The summed E-state index contributed by atoms with van der Waals surface area (Å²) in [5, 5.41) is 0.736. The zero-order chi connectivity index (χ0) is 11.3. The fourth-order valence-corrected chi connectivity index (χ4v) is 2.04. The second-order valence-corrected chi connectivity index (χ2v) is 5.04. The van der Waals surface area contributed by atoms with E-state index in [9.17, 15) is 0 Å². The summed E-state index contributed by atoms with van der Waals surface area (Å²) in [5.74, 6) is 0. The molecule has 0 amide bonds. The van der Waals surface area contributed by atoms with E-state index in [2.05, 4.69) is 22.9 Å². The van der Waals surface area contributed by atoms with Gasteiger partial charge in [-0.3, -0.25) is 0 Å². The highest BCUT2D eigenvalue weighted by Crippen LogP contribution is 2.27. The number of benzene rings is 1. The maximum atomic E-state index is 6.09.